The first kappa shape index (κ1) is 20.1. The average Bonchev–Trinajstić information content (AvgIpc) is 2.31. The Morgan fingerprint density at radius 1 is 1.19 bits per heavy atom. The first-order valence-corrected chi connectivity index (χ1v) is 9.52. The van der Waals surface area contributed by atoms with Gasteiger partial charge in [-0.15, -0.1) is 0 Å². The van der Waals surface area contributed by atoms with Gasteiger partial charge in [-0.05, 0) is 32.5 Å². The van der Waals surface area contributed by atoms with Crippen molar-refractivity contribution in [2.45, 2.75) is 44.6 Å². The number of hydrogen-bond acceptors (Lipinski definition) is 3. The van der Waals surface area contributed by atoms with Gasteiger partial charge < -0.3 is 14.5 Å². The highest BCUT2D eigenvalue weighted by atomic mass is 28.4. The minimum absolute atomic E-state index is 0.125. The Bertz CT molecular complexity index is 336. The van der Waals surface area contributed by atoms with Crippen molar-refractivity contribution in [3.05, 3.63) is 0 Å². The lowest BCUT2D eigenvalue weighted by molar-refractivity contribution is -0.292. The normalized spacial score (nSPS) is 13.1. The molecular weight excluding hydrogens is 317 g/mol. The van der Waals surface area contributed by atoms with Crippen molar-refractivity contribution in [1.29, 1.82) is 0 Å². The predicted molar refractivity (Wildman–Crippen MR) is 68.9 cm³/mol. The summed E-state index contributed by atoms with van der Waals surface area (Å²) in [5, 5.41) is 2.13. The number of halogens is 5. The molecule has 1 N–H and O–H groups in total. The highest BCUT2D eigenvalue weighted by Crippen LogP contribution is 2.35. The number of ether oxygens (including phenoxy) is 1. The van der Waals surface area contributed by atoms with Gasteiger partial charge in [0.05, 0.1) is 0 Å². The number of amides is 1. The molecule has 0 aromatic rings. The third-order valence-corrected chi connectivity index (χ3v) is 5.19. The molecular formula is C11H20F5NO3Si. The minimum Gasteiger partial charge on any atom is -0.443 e. The summed E-state index contributed by atoms with van der Waals surface area (Å²) in [6.07, 6.45) is -6.50. The molecule has 0 saturated carbocycles. The molecule has 0 aliphatic rings. The molecule has 21 heavy (non-hydrogen) atoms. The second-order valence-corrected chi connectivity index (χ2v) is 9.31. The maximum absolute atomic E-state index is 12.5. The second kappa shape index (κ2) is 7.92. The fraction of sp³-hybridized carbons (Fsp3) is 0.909. The lowest BCUT2D eigenvalue weighted by Crippen LogP contribution is -2.42. The quantitative estimate of drug-likeness (QED) is 0.419. The van der Waals surface area contributed by atoms with E-state index in [0.29, 0.717) is 13.0 Å². The van der Waals surface area contributed by atoms with Crippen LogP contribution in [0.3, 0.4) is 0 Å². The Balaban J connectivity index is 3.93. The van der Waals surface area contributed by atoms with E-state index in [0.717, 1.165) is 6.04 Å². The van der Waals surface area contributed by atoms with Gasteiger partial charge >= 0.3 is 18.2 Å². The molecule has 0 radical (unpaired) electrons. The number of carbonyl (C=O) groups excluding carboxylic acids is 1. The molecule has 0 rings (SSSR count). The van der Waals surface area contributed by atoms with Crippen molar-refractivity contribution in [3.8, 4) is 0 Å². The molecule has 0 unspecified atom stereocenters. The zero-order valence-corrected chi connectivity index (χ0v) is 13.2. The van der Waals surface area contributed by atoms with Crippen molar-refractivity contribution in [3.63, 3.8) is 0 Å². The van der Waals surface area contributed by atoms with Crippen LogP contribution < -0.4 is 5.32 Å². The highest BCUT2D eigenvalue weighted by molar-refractivity contribution is 6.71. The molecule has 10 heteroatoms. The van der Waals surface area contributed by atoms with Crippen LogP contribution in [0.5, 0.6) is 0 Å². The van der Waals surface area contributed by atoms with Gasteiger partial charge in [-0.2, -0.15) is 22.0 Å². The number of alkyl carbamates (subject to hydrolysis) is 1. The zero-order chi connectivity index (χ0) is 16.7. The third-order valence-electron chi connectivity index (χ3n) is 2.56. The SMILES string of the molecule is CCO[Si](C)(C)CCCNC(=O)OCC(F)(F)C(F)(F)F. The van der Waals surface area contributed by atoms with Crippen LogP contribution in [0.4, 0.5) is 26.7 Å². The summed E-state index contributed by atoms with van der Waals surface area (Å²) >= 11 is 0. The van der Waals surface area contributed by atoms with Crippen LogP contribution in [-0.2, 0) is 9.16 Å². The topological polar surface area (TPSA) is 47.6 Å². The van der Waals surface area contributed by atoms with Gasteiger partial charge in [0.2, 0.25) is 0 Å². The molecule has 0 aromatic heterocycles. The molecule has 0 aliphatic carbocycles. The summed E-state index contributed by atoms with van der Waals surface area (Å²) in [5.74, 6) is -5.05. The van der Waals surface area contributed by atoms with Crippen LogP contribution in [0.15, 0.2) is 0 Å². The predicted octanol–water partition coefficient (Wildman–Crippen LogP) is 3.54. The number of rotatable bonds is 8. The van der Waals surface area contributed by atoms with E-state index in [1.54, 1.807) is 0 Å². The summed E-state index contributed by atoms with van der Waals surface area (Å²) in [6.45, 7) is 4.52. The van der Waals surface area contributed by atoms with Gasteiger partial charge in [0.25, 0.3) is 0 Å². The summed E-state index contributed by atoms with van der Waals surface area (Å²) in [6, 6.07) is 0.722. The van der Waals surface area contributed by atoms with E-state index in [2.05, 4.69) is 10.1 Å². The second-order valence-electron chi connectivity index (χ2n) is 5.00. The van der Waals surface area contributed by atoms with Gasteiger partial charge in [0.1, 0.15) is 0 Å². The van der Waals surface area contributed by atoms with Gasteiger partial charge in [-0.3, -0.25) is 0 Å². The molecule has 1 amide bonds. The van der Waals surface area contributed by atoms with E-state index in [1.165, 1.54) is 0 Å². The molecule has 0 aliphatic heterocycles. The van der Waals surface area contributed by atoms with Crippen molar-refractivity contribution < 1.29 is 35.9 Å². The molecule has 126 valence electrons. The Hall–Kier alpha value is -0.903. The van der Waals surface area contributed by atoms with Crippen LogP contribution in [0.25, 0.3) is 0 Å². The number of nitrogens with one attached hydrogen (secondary N) is 1. The number of carbonyl (C=O) groups is 1. The van der Waals surface area contributed by atoms with Gasteiger partial charge in [-0.1, -0.05) is 0 Å². The fourth-order valence-corrected chi connectivity index (χ4v) is 3.41. The molecule has 4 nitrogen and oxygen atoms in total. The summed E-state index contributed by atoms with van der Waals surface area (Å²) in [7, 11) is -1.81. The molecule has 0 spiro atoms. The van der Waals surface area contributed by atoms with E-state index in [-0.39, 0.29) is 6.54 Å². The molecule has 0 atom stereocenters. The van der Waals surface area contributed by atoms with E-state index in [1.807, 2.05) is 20.0 Å². The van der Waals surface area contributed by atoms with Crippen LogP contribution >= 0.6 is 0 Å². The Morgan fingerprint density at radius 3 is 2.24 bits per heavy atom. The molecule has 0 saturated heterocycles. The molecule has 0 bridgehead atoms. The summed E-state index contributed by atoms with van der Waals surface area (Å²) < 4.78 is 69.8. The van der Waals surface area contributed by atoms with Crippen molar-refractivity contribution in [1.82, 2.24) is 5.32 Å². The van der Waals surface area contributed by atoms with Crippen molar-refractivity contribution >= 4 is 14.4 Å². The Labute approximate surface area is 121 Å². The van der Waals surface area contributed by atoms with Gasteiger partial charge in [0, 0.05) is 13.2 Å². The van der Waals surface area contributed by atoms with E-state index in [9.17, 15) is 26.7 Å². The first-order valence-electron chi connectivity index (χ1n) is 6.40. The van der Waals surface area contributed by atoms with Gasteiger partial charge in [-0.25, -0.2) is 4.79 Å². The first-order chi connectivity index (χ1) is 9.41. The Kier molecular flexibility index (Phi) is 7.58. The maximum atomic E-state index is 12.5. The summed E-state index contributed by atoms with van der Waals surface area (Å²) in [5.41, 5.74) is 0. The third kappa shape index (κ3) is 8.20. The summed E-state index contributed by atoms with van der Waals surface area (Å²) in [4.78, 5) is 11.0. The van der Waals surface area contributed by atoms with Crippen molar-refractivity contribution in [2.75, 3.05) is 19.8 Å². The smallest absolute Gasteiger partial charge is 0.443 e. The largest absolute Gasteiger partial charge is 0.456 e. The lowest BCUT2D eigenvalue weighted by atomic mass is 10.3. The number of hydrogen-bond donors (Lipinski definition) is 1. The fourth-order valence-electron chi connectivity index (χ4n) is 1.46. The van der Waals surface area contributed by atoms with Crippen LogP contribution in [0.1, 0.15) is 13.3 Å². The van der Waals surface area contributed by atoms with E-state index < -0.39 is 33.1 Å². The molecule has 0 aromatic carbocycles. The maximum Gasteiger partial charge on any atom is 0.456 e. The highest BCUT2D eigenvalue weighted by Gasteiger charge is 2.58. The van der Waals surface area contributed by atoms with Crippen LogP contribution in [0, 0.1) is 0 Å². The van der Waals surface area contributed by atoms with E-state index >= 15 is 0 Å². The average molecular weight is 337 g/mol. The number of alkyl halides is 5. The van der Waals surface area contributed by atoms with Crippen LogP contribution in [-0.4, -0.2) is 46.3 Å². The zero-order valence-electron chi connectivity index (χ0n) is 12.2. The monoisotopic (exact) mass is 337 g/mol. The Morgan fingerprint density at radius 2 is 1.76 bits per heavy atom. The van der Waals surface area contributed by atoms with E-state index in [4.69, 9.17) is 4.43 Å². The standard InChI is InChI=1S/C11H20F5NO3Si/c1-4-20-21(2,3)7-5-6-17-9(18)19-8-10(12,13)11(14,15)16/h4-8H2,1-3H3,(H,17,18). The molecule has 0 heterocycles. The lowest BCUT2D eigenvalue weighted by Gasteiger charge is -2.22. The minimum atomic E-state index is -5.74. The van der Waals surface area contributed by atoms with Crippen molar-refractivity contribution in [2.24, 2.45) is 0 Å². The van der Waals surface area contributed by atoms with Gasteiger partial charge in [0.15, 0.2) is 14.9 Å². The van der Waals surface area contributed by atoms with Crippen LogP contribution in [0.2, 0.25) is 19.1 Å². The molecule has 0 fully saturated rings.